The largest absolute Gasteiger partial charge is 0.329 e. The Balaban J connectivity index is 1.98. The minimum Gasteiger partial charge on any atom is -0.329 e. The van der Waals surface area contributed by atoms with Gasteiger partial charge < -0.3 is 5.32 Å². The highest BCUT2D eigenvalue weighted by Crippen LogP contribution is 2.12. The number of nitrogens with one attached hydrogen (secondary N) is 3. The monoisotopic (exact) mass is 339 g/mol. The smallest absolute Gasteiger partial charge is 0.257 e. The summed E-state index contributed by atoms with van der Waals surface area (Å²) in [5.41, 5.74) is 3.42. The summed E-state index contributed by atoms with van der Waals surface area (Å²) in [6, 6.07) is 12.2. The van der Waals surface area contributed by atoms with Crippen molar-refractivity contribution in [3.63, 3.8) is 0 Å². The van der Waals surface area contributed by atoms with Gasteiger partial charge in [-0.25, -0.2) is 12.8 Å². The molecule has 8 heteroatoms. The van der Waals surface area contributed by atoms with E-state index < -0.39 is 15.8 Å². The quantitative estimate of drug-likeness (QED) is 0.589. The van der Waals surface area contributed by atoms with Gasteiger partial charge in [-0.05, 0) is 43.4 Å². The van der Waals surface area contributed by atoms with Gasteiger partial charge in [0.05, 0.1) is 10.6 Å². The van der Waals surface area contributed by atoms with Crippen molar-refractivity contribution in [2.24, 2.45) is 0 Å². The van der Waals surface area contributed by atoms with E-state index >= 15 is 0 Å². The molecule has 2 rings (SSSR count). The number of hydrogen-bond donors (Lipinski definition) is 3. The van der Waals surface area contributed by atoms with Crippen molar-refractivity contribution in [3.8, 4) is 0 Å². The fourth-order valence-electron chi connectivity index (χ4n) is 1.61. The zero-order valence-electron chi connectivity index (χ0n) is 11.6. The maximum atomic E-state index is 13.4. The standard InChI is InChI=1S/C14H14FN3O2S2/c1-10-6-8-11(9-7-10)22(19,20)18-17-14(21)16-13-5-3-2-4-12(13)15/h2-9,18H,1H3,(H2,16,17,21). The molecular weight excluding hydrogens is 325 g/mol. The van der Waals surface area contributed by atoms with Crippen LogP contribution in [-0.2, 0) is 10.0 Å². The Hall–Kier alpha value is -2.03. The zero-order valence-corrected chi connectivity index (χ0v) is 13.3. The van der Waals surface area contributed by atoms with E-state index in [0.29, 0.717) is 0 Å². The van der Waals surface area contributed by atoms with Crippen LogP contribution in [0.3, 0.4) is 0 Å². The van der Waals surface area contributed by atoms with Crippen LogP contribution < -0.4 is 15.6 Å². The first-order valence-corrected chi connectivity index (χ1v) is 8.17. The molecule has 2 aromatic carbocycles. The average Bonchev–Trinajstić information content (AvgIpc) is 2.48. The van der Waals surface area contributed by atoms with E-state index in [1.165, 1.54) is 30.3 Å². The van der Waals surface area contributed by atoms with Gasteiger partial charge in [0.15, 0.2) is 5.11 Å². The SMILES string of the molecule is Cc1ccc(S(=O)(=O)NNC(=S)Nc2ccccc2F)cc1. The first kappa shape index (κ1) is 16.3. The summed E-state index contributed by atoms with van der Waals surface area (Å²) in [7, 11) is -3.76. The molecule has 116 valence electrons. The maximum Gasteiger partial charge on any atom is 0.257 e. The van der Waals surface area contributed by atoms with Gasteiger partial charge in [0, 0.05) is 0 Å². The molecule has 0 aliphatic heterocycles. The Morgan fingerprint density at radius 1 is 1.09 bits per heavy atom. The molecule has 0 amide bonds. The Labute approximate surface area is 133 Å². The van der Waals surface area contributed by atoms with E-state index in [2.05, 4.69) is 15.6 Å². The molecule has 0 fully saturated rings. The van der Waals surface area contributed by atoms with Crippen molar-refractivity contribution in [1.29, 1.82) is 0 Å². The van der Waals surface area contributed by atoms with Crippen LogP contribution in [0.4, 0.5) is 10.1 Å². The van der Waals surface area contributed by atoms with E-state index in [4.69, 9.17) is 12.2 Å². The van der Waals surface area contributed by atoms with Gasteiger partial charge in [-0.2, -0.15) is 0 Å². The van der Waals surface area contributed by atoms with Crippen LogP contribution in [0, 0.1) is 12.7 Å². The van der Waals surface area contributed by atoms with E-state index in [-0.39, 0.29) is 15.7 Å². The number of sulfonamides is 1. The predicted octanol–water partition coefficient (Wildman–Crippen LogP) is 2.31. The molecule has 0 unspecified atom stereocenters. The summed E-state index contributed by atoms with van der Waals surface area (Å²) in [6.07, 6.45) is 0. The molecule has 0 aliphatic carbocycles. The zero-order chi connectivity index (χ0) is 16.2. The third-order valence-corrected chi connectivity index (χ3v) is 4.22. The number of thiocarbonyl (C=S) groups is 1. The summed E-state index contributed by atoms with van der Waals surface area (Å²) in [5.74, 6) is -0.493. The molecule has 5 nitrogen and oxygen atoms in total. The van der Waals surface area contributed by atoms with Crippen LogP contribution >= 0.6 is 12.2 Å². The van der Waals surface area contributed by atoms with Crippen LogP contribution in [0.5, 0.6) is 0 Å². The van der Waals surface area contributed by atoms with Crippen molar-refractivity contribution in [2.75, 3.05) is 5.32 Å². The van der Waals surface area contributed by atoms with Gasteiger partial charge in [0.25, 0.3) is 10.0 Å². The Morgan fingerprint density at radius 3 is 2.36 bits per heavy atom. The minimum atomic E-state index is -3.76. The van der Waals surface area contributed by atoms with Crippen LogP contribution in [0.15, 0.2) is 53.4 Å². The lowest BCUT2D eigenvalue weighted by Crippen LogP contribution is -2.43. The third kappa shape index (κ3) is 4.23. The maximum absolute atomic E-state index is 13.4. The van der Waals surface area contributed by atoms with Crippen molar-refractivity contribution in [1.82, 2.24) is 10.3 Å². The van der Waals surface area contributed by atoms with Gasteiger partial charge in [-0.1, -0.05) is 29.8 Å². The fourth-order valence-corrected chi connectivity index (χ4v) is 2.68. The number of hydrazine groups is 1. The Morgan fingerprint density at radius 2 is 1.73 bits per heavy atom. The van der Waals surface area contributed by atoms with Gasteiger partial charge in [-0.3, -0.25) is 5.43 Å². The molecule has 0 saturated heterocycles. The van der Waals surface area contributed by atoms with Gasteiger partial charge in [-0.15, -0.1) is 4.83 Å². The number of anilines is 1. The Kier molecular flexibility index (Phi) is 5.07. The molecule has 0 radical (unpaired) electrons. The summed E-state index contributed by atoms with van der Waals surface area (Å²) in [4.78, 5) is 2.23. The molecule has 22 heavy (non-hydrogen) atoms. The molecule has 0 bridgehead atoms. The van der Waals surface area contributed by atoms with Crippen LogP contribution in [-0.4, -0.2) is 13.5 Å². The van der Waals surface area contributed by atoms with Gasteiger partial charge >= 0.3 is 0 Å². The molecule has 3 N–H and O–H groups in total. The number of hydrogen-bond acceptors (Lipinski definition) is 3. The van der Waals surface area contributed by atoms with Crippen LogP contribution in [0.1, 0.15) is 5.56 Å². The second-order valence-electron chi connectivity index (χ2n) is 4.48. The van der Waals surface area contributed by atoms with Gasteiger partial charge in [0.2, 0.25) is 0 Å². The average molecular weight is 339 g/mol. The number of halogens is 1. The first-order valence-electron chi connectivity index (χ1n) is 6.28. The summed E-state index contributed by atoms with van der Waals surface area (Å²) in [5, 5.41) is 2.49. The third-order valence-electron chi connectivity index (χ3n) is 2.75. The molecule has 0 aliphatic rings. The molecule has 0 heterocycles. The molecule has 0 aromatic heterocycles. The van der Waals surface area contributed by atoms with Crippen molar-refractivity contribution in [3.05, 3.63) is 59.9 Å². The second-order valence-corrected chi connectivity index (χ2v) is 6.57. The van der Waals surface area contributed by atoms with E-state index in [1.807, 2.05) is 6.92 Å². The first-order chi connectivity index (χ1) is 10.4. The van der Waals surface area contributed by atoms with Gasteiger partial charge in [0.1, 0.15) is 5.82 Å². The van der Waals surface area contributed by atoms with Crippen molar-refractivity contribution >= 4 is 33.0 Å². The van der Waals surface area contributed by atoms with Crippen molar-refractivity contribution < 1.29 is 12.8 Å². The lowest BCUT2D eigenvalue weighted by molar-refractivity contribution is 0.578. The normalized spacial score (nSPS) is 11.0. The van der Waals surface area contributed by atoms with Crippen LogP contribution in [0.25, 0.3) is 0 Å². The van der Waals surface area contributed by atoms with Crippen LogP contribution in [0.2, 0.25) is 0 Å². The number of benzene rings is 2. The summed E-state index contributed by atoms with van der Waals surface area (Å²) >= 11 is 4.92. The molecule has 0 saturated carbocycles. The number of para-hydroxylation sites is 1. The molecule has 0 spiro atoms. The molecule has 0 atom stereocenters. The minimum absolute atomic E-state index is 0.0687. The lowest BCUT2D eigenvalue weighted by atomic mass is 10.2. The highest BCUT2D eigenvalue weighted by molar-refractivity contribution is 7.89. The summed E-state index contributed by atoms with van der Waals surface area (Å²) in [6.45, 7) is 1.86. The molecule has 2 aromatic rings. The lowest BCUT2D eigenvalue weighted by Gasteiger charge is -2.12. The highest BCUT2D eigenvalue weighted by atomic mass is 32.2. The molecular formula is C14H14FN3O2S2. The summed E-state index contributed by atoms with van der Waals surface area (Å²) < 4.78 is 37.5. The number of rotatable bonds is 4. The van der Waals surface area contributed by atoms with Crippen molar-refractivity contribution in [2.45, 2.75) is 11.8 Å². The highest BCUT2D eigenvalue weighted by Gasteiger charge is 2.14. The Bertz CT molecular complexity index is 777. The topological polar surface area (TPSA) is 70.2 Å². The van der Waals surface area contributed by atoms with E-state index in [9.17, 15) is 12.8 Å². The number of aryl methyl sites for hydroxylation is 1. The van der Waals surface area contributed by atoms with E-state index in [1.54, 1.807) is 18.2 Å². The fraction of sp³-hybridized carbons (Fsp3) is 0.0714. The van der Waals surface area contributed by atoms with E-state index in [0.717, 1.165) is 5.56 Å². The predicted molar refractivity (Wildman–Crippen MR) is 87.3 cm³/mol. The second kappa shape index (κ2) is 6.82.